The maximum Gasteiger partial charge on any atom is 0.241 e. The van der Waals surface area contributed by atoms with Crippen molar-refractivity contribution in [1.29, 1.82) is 0 Å². The number of aromatic amines is 1. The molecule has 0 radical (unpaired) electrons. The first-order valence-electron chi connectivity index (χ1n) is 6.77. The molecule has 6 nitrogen and oxygen atoms in total. The lowest BCUT2D eigenvalue weighted by atomic mass is 10.2. The molecule has 7 heteroatoms. The number of carbonyl (C=O) groups excluding carboxylic acids is 1. The molecule has 1 N–H and O–H groups in total. The molecular formula is C15H12ClN5O. The molecule has 4 rings (SSSR count). The molecule has 0 fully saturated rings. The van der Waals surface area contributed by atoms with Gasteiger partial charge in [0.1, 0.15) is 0 Å². The number of H-pyrrole nitrogens is 1. The normalized spacial score (nSPS) is 11.5. The molecule has 0 aliphatic rings. The molecule has 0 atom stereocenters. The maximum absolute atomic E-state index is 11.2. The molecule has 0 bridgehead atoms. The number of carbonyl (C=O) groups is 1. The Labute approximate surface area is 130 Å². The summed E-state index contributed by atoms with van der Waals surface area (Å²) in [4.78, 5) is 20.1. The Bertz CT molecular complexity index is 1010. The monoisotopic (exact) mass is 313 g/mol. The average molecular weight is 314 g/mol. The van der Waals surface area contributed by atoms with E-state index in [4.69, 9.17) is 11.6 Å². The molecule has 0 saturated carbocycles. The van der Waals surface area contributed by atoms with Gasteiger partial charge in [0.05, 0.1) is 23.4 Å². The Hall–Kier alpha value is -2.60. The van der Waals surface area contributed by atoms with Gasteiger partial charge in [0, 0.05) is 36.4 Å². The van der Waals surface area contributed by atoms with Crippen LogP contribution in [0.2, 0.25) is 0 Å². The fourth-order valence-electron chi connectivity index (χ4n) is 2.79. The van der Waals surface area contributed by atoms with Crippen molar-refractivity contribution in [2.45, 2.75) is 6.54 Å². The van der Waals surface area contributed by atoms with Crippen molar-refractivity contribution in [3.63, 3.8) is 0 Å². The summed E-state index contributed by atoms with van der Waals surface area (Å²) in [5.74, 6) is 0. The van der Waals surface area contributed by atoms with Gasteiger partial charge in [-0.3, -0.25) is 9.48 Å². The Morgan fingerprint density at radius 2 is 2.32 bits per heavy atom. The number of nitrogens with one attached hydrogen (secondary N) is 1. The van der Waals surface area contributed by atoms with Gasteiger partial charge >= 0.3 is 0 Å². The van der Waals surface area contributed by atoms with Crippen LogP contribution in [0.3, 0.4) is 0 Å². The van der Waals surface area contributed by atoms with Crippen molar-refractivity contribution in [3.05, 3.63) is 36.8 Å². The summed E-state index contributed by atoms with van der Waals surface area (Å²) in [5, 5.41) is 4.72. The third-order valence-corrected chi connectivity index (χ3v) is 3.86. The topological polar surface area (TPSA) is 68.5 Å². The predicted octanol–water partition coefficient (Wildman–Crippen LogP) is 2.68. The van der Waals surface area contributed by atoms with Crippen LogP contribution in [0, 0.1) is 0 Å². The number of pyridine rings is 1. The van der Waals surface area contributed by atoms with E-state index in [2.05, 4.69) is 15.1 Å². The van der Waals surface area contributed by atoms with Crippen LogP contribution in [0.25, 0.3) is 33.3 Å². The summed E-state index contributed by atoms with van der Waals surface area (Å²) in [5.41, 5.74) is 3.36. The van der Waals surface area contributed by atoms with E-state index in [-0.39, 0.29) is 6.54 Å². The maximum atomic E-state index is 11.2. The molecule has 110 valence electrons. The fourth-order valence-corrected chi connectivity index (χ4v) is 2.92. The number of hydrogen-bond acceptors (Lipinski definition) is 3. The second-order valence-electron chi connectivity index (χ2n) is 5.15. The lowest BCUT2D eigenvalue weighted by Crippen LogP contribution is -2.04. The highest BCUT2D eigenvalue weighted by molar-refractivity contribution is 6.63. The zero-order valence-corrected chi connectivity index (χ0v) is 12.5. The largest absolute Gasteiger partial charge is 0.337 e. The first-order valence-corrected chi connectivity index (χ1v) is 7.14. The third-order valence-electron chi connectivity index (χ3n) is 3.74. The number of hydrogen-bond donors (Lipinski definition) is 1. The second kappa shape index (κ2) is 4.71. The average Bonchev–Trinajstić information content (AvgIpc) is 3.15. The van der Waals surface area contributed by atoms with Crippen molar-refractivity contribution >= 4 is 38.8 Å². The minimum atomic E-state index is -0.411. The van der Waals surface area contributed by atoms with Crippen molar-refractivity contribution in [2.75, 3.05) is 0 Å². The highest BCUT2D eigenvalue weighted by Gasteiger charge is 2.14. The zero-order valence-electron chi connectivity index (χ0n) is 11.7. The van der Waals surface area contributed by atoms with E-state index in [9.17, 15) is 4.79 Å². The van der Waals surface area contributed by atoms with Crippen molar-refractivity contribution in [1.82, 2.24) is 24.3 Å². The Morgan fingerprint density at radius 3 is 3.14 bits per heavy atom. The number of halogens is 1. The number of nitrogens with zero attached hydrogens (tertiary/aromatic N) is 4. The molecule has 0 amide bonds. The molecular weight excluding hydrogens is 302 g/mol. The van der Waals surface area contributed by atoms with Crippen LogP contribution >= 0.6 is 11.6 Å². The molecule has 4 aromatic rings. The van der Waals surface area contributed by atoms with E-state index in [1.807, 2.05) is 42.3 Å². The Kier molecular flexibility index (Phi) is 2.80. The van der Waals surface area contributed by atoms with Gasteiger partial charge in [0.25, 0.3) is 0 Å². The molecule has 4 aromatic heterocycles. The molecule has 0 aliphatic carbocycles. The van der Waals surface area contributed by atoms with Gasteiger partial charge in [-0.15, -0.1) is 0 Å². The molecule has 0 aromatic carbocycles. The quantitative estimate of drug-likeness (QED) is 0.591. The van der Waals surface area contributed by atoms with Crippen LogP contribution < -0.4 is 0 Å². The first-order chi connectivity index (χ1) is 10.6. The molecule has 0 saturated heterocycles. The van der Waals surface area contributed by atoms with E-state index in [1.54, 1.807) is 10.8 Å². The van der Waals surface area contributed by atoms with Crippen LogP contribution in [-0.2, 0) is 18.4 Å². The lowest BCUT2D eigenvalue weighted by Gasteiger charge is -2.03. The fraction of sp³-hybridized carbons (Fsp3) is 0.133. The summed E-state index contributed by atoms with van der Waals surface area (Å²) in [6, 6.07) is 5.77. The number of fused-ring (bicyclic) bond motifs is 3. The van der Waals surface area contributed by atoms with Gasteiger partial charge in [-0.2, -0.15) is 0 Å². The van der Waals surface area contributed by atoms with Crippen LogP contribution in [0.1, 0.15) is 0 Å². The van der Waals surface area contributed by atoms with Crippen molar-refractivity contribution in [2.24, 2.45) is 7.05 Å². The van der Waals surface area contributed by atoms with Gasteiger partial charge in [-0.25, -0.2) is 9.97 Å². The third kappa shape index (κ3) is 1.92. The minimum Gasteiger partial charge on any atom is -0.337 e. The van der Waals surface area contributed by atoms with Gasteiger partial charge in [-0.05, 0) is 29.8 Å². The van der Waals surface area contributed by atoms with Gasteiger partial charge in [-0.1, -0.05) is 0 Å². The lowest BCUT2D eigenvalue weighted by molar-refractivity contribution is -0.112. The summed E-state index contributed by atoms with van der Waals surface area (Å²) < 4.78 is 3.72. The van der Waals surface area contributed by atoms with Crippen LogP contribution in [0.15, 0.2) is 36.8 Å². The van der Waals surface area contributed by atoms with Crippen LogP contribution in [0.5, 0.6) is 0 Å². The van der Waals surface area contributed by atoms with E-state index < -0.39 is 5.24 Å². The second-order valence-corrected chi connectivity index (χ2v) is 5.57. The number of aromatic nitrogens is 5. The Balaban J connectivity index is 1.93. The van der Waals surface area contributed by atoms with Gasteiger partial charge in [0.15, 0.2) is 5.65 Å². The first kappa shape index (κ1) is 13.1. The standard InChI is InChI=1S/C15H12ClN5O/c1-20-14-9(7-18-20)6-17-15-10(14)5-11(19-15)12-3-2-4-21(12)8-13(16)22/h2-7,18H,8H2,1H3. The summed E-state index contributed by atoms with van der Waals surface area (Å²) in [6.07, 6.45) is 5.52. The van der Waals surface area contributed by atoms with Gasteiger partial charge in [0.2, 0.25) is 5.24 Å². The zero-order chi connectivity index (χ0) is 15.3. The number of rotatable bonds is 3. The predicted molar refractivity (Wildman–Crippen MR) is 84.7 cm³/mol. The SMILES string of the molecule is Cn1[nH]cc2cnc3nc(-c4cccn4CC(=O)Cl)cc3c21. The van der Waals surface area contributed by atoms with Crippen molar-refractivity contribution in [3.8, 4) is 11.4 Å². The summed E-state index contributed by atoms with van der Waals surface area (Å²) in [7, 11) is 1.95. The summed E-state index contributed by atoms with van der Waals surface area (Å²) >= 11 is 5.49. The highest BCUT2D eigenvalue weighted by Crippen LogP contribution is 2.28. The van der Waals surface area contributed by atoms with Crippen LogP contribution in [0.4, 0.5) is 0 Å². The minimum absolute atomic E-state index is 0.119. The Morgan fingerprint density at radius 1 is 1.45 bits per heavy atom. The van der Waals surface area contributed by atoms with Gasteiger partial charge < -0.3 is 9.67 Å². The van der Waals surface area contributed by atoms with Crippen LogP contribution in [-0.4, -0.2) is 29.6 Å². The smallest absolute Gasteiger partial charge is 0.241 e. The molecule has 0 spiro atoms. The van der Waals surface area contributed by atoms with Crippen molar-refractivity contribution < 1.29 is 4.79 Å². The molecule has 0 aliphatic heterocycles. The summed E-state index contributed by atoms with van der Waals surface area (Å²) in [6.45, 7) is 0.119. The molecule has 0 unspecified atom stereocenters. The molecule has 4 heterocycles. The van der Waals surface area contributed by atoms with E-state index in [0.29, 0.717) is 5.65 Å². The highest BCUT2D eigenvalue weighted by atomic mass is 35.5. The van der Waals surface area contributed by atoms with E-state index in [1.165, 1.54) is 0 Å². The van der Waals surface area contributed by atoms with E-state index >= 15 is 0 Å². The van der Waals surface area contributed by atoms with E-state index in [0.717, 1.165) is 27.7 Å². The molecule has 22 heavy (non-hydrogen) atoms. The number of aryl methyl sites for hydroxylation is 1.